The Morgan fingerprint density at radius 1 is 1.22 bits per heavy atom. The molecule has 0 aromatic heterocycles. The zero-order valence-corrected chi connectivity index (χ0v) is 15.9. The fourth-order valence-corrected chi connectivity index (χ4v) is 3.55. The predicted molar refractivity (Wildman–Crippen MR) is 99.6 cm³/mol. The first-order valence-corrected chi connectivity index (χ1v) is 9.44. The van der Waals surface area contributed by atoms with E-state index in [4.69, 9.17) is 14.2 Å². The highest BCUT2D eigenvalue weighted by molar-refractivity contribution is 5.85. The third-order valence-corrected chi connectivity index (χ3v) is 5.35. The number of benzene rings is 1. The van der Waals surface area contributed by atoms with Crippen molar-refractivity contribution >= 4 is 5.91 Å². The first-order valence-electron chi connectivity index (χ1n) is 9.44. The van der Waals surface area contributed by atoms with Gasteiger partial charge < -0.3 is 19.1 Å². The summed E-state index contributed by atoms with van der Waals surface area (Å²) in [6.45, 7) is 5.26. The highest BCUT2D eigenvalue weighted by atomic mass is 16.5. The van der Waals surface area contributed by atoms with Gasteiger partial charge in [0.1, 0.15) is 23.5 Å². The van der Waals surface area contributed by atoms with Gasteiger partial charge in [-0.2, -0.15) is 5.26 Å². The van der Waals surface area contributed by atoms with Gasteiger partial charge in [0.15, 0.2) is 0 Å². The summed E-state index contributed by atoms with van der Waals surface area (Å²) in [5.74, 6) is 1.54. The first-order chi connectivity index (χ1) is 13.2. The molecular formula is C20H27N3O4. The second kappa shape index (κ2) is 9.07. The standard InChI is InChI=1S/C20H27N3O4/c1-25-17-3-2-4-18(15-17)27-14-11-22-7-9-23(10-8-22)19(24)20(16-21)5-12-26-13-6-20/h2-4,15H,5-14H2,1H3. The lowest BCUT2D eigenvalue weighted by molar-refractivity contribution is -0.145. The van der Waals surface area contributed by atoms with Crippen molar-refractivity contribution in [3.8, 4) is 17.6 Å². The number of methoxy groups -OCH3 is 1. The zero-order valence-electron chi connectivity index (χ0n) is 15.9. The Bertz CT molecular complexity index is 674. The first kappa shape index (κ1) is 19.5. The van der Waals surface area contributed by atoms with E-state index in [0.29, 0.717) is 45.8 Å². The molecule has 2 heterocycles. The Kier molecular flexibility index (Phi) is 6.54. The third-order valence-electron chi connectivity index (χ3n) is 5.35. The van der Waals surface area contributed by atoms with E-state index >= 15 is 0 Å². The van der Waals surface area contributed by atoms with E-state index < -0.39 is 5.41 Å². The van der Waals surface area contributed by atoms with Gasteiger partial charge in [-0.15, -0.1) is 0 Å². The third kappa shape index (κ3) is 4.71. The molecule has 3 rings (SSSR count). The summed E-state index contributed by atoms with van der Waals surface area (Å²) in [6, 6.07) is 9.84. The molecule has 2 saturated heterocycles. The van der Waals surface area contributed by atoms with Gasteiger partial charge in [0.25, 0.3) is 0 Å². The minimum Gasteiger partial charge on any atom is -0.497 e. The average molecular weight is 373 g/mol. The van der Waals surface area contributed by atoms with Gasteiger partial charge in [-0.1, -0.05) is 6.07 Å². The van der Waals surface area contributed by atoms with Crippen LogP contribution in [0.1, 0.15) is 12.8 Å². The van der Waals surface area contributed by atoms with Crippen LogP contribution < -0.4 is 9.47 Å². The van der Waals surface area contributed by atoms with Crippen LogP contribution in [0.2, 0.25) is 0 Å². The van der Waals surface area contributed by atoms with Crippen LogP contribution in [0.25, 0.3) is 0 Å². The molecule has 0 spiro atoms. The Labute approximate surface area is 160 Å². The van der Waals surface area contributed by atoms with Crippen molar-refractivity contribution in [3.05, 3.63) is 24.3 Å². The molecule has 146 valence electrons. The number of piperazine rings is 1. The molecule has 0 saturated carbocycles. The molecule has 2 fully saturated rings. The maximum absolute atomic E-state index is 12.9. The van der Waals surface area contributed by atoms with Gasteiger partial charge >= 0.3 is 0 Å². The van der Waals surface area contributed by atoms with Crippen LogP contribution in [0.5, 0.6) is 11.5 Å². The van der Waals surface area contributed by atoms with E-state index in [1.165, 1.54) is 0 Å². The molecule has 7 heteroatoms. The monoisotopic (exact) mass is 373 g/mol. The van der Waals surface area contributed by atoms with Crippen LogP contribution in [-0.2, 0) is 9.53 Å². The van der Waals surface area contributed by atoms with Crippen LogP contribution in [0.15, 0.2) is 24.3 Å². The van der Waals surface area contributed by atoms with Crippen LogP contribution in [-0.4, -0.2) is 75.4 Å². The van der Waals surface area contributed by atoms with Crippen molar-refractivity contribution < 1.29 is 19.0 Å². The fraction of sp³-hybridized carbons (Fsp3) is 0.600. The average Bonchev–Trinajstić information content (AvgIpc) is 2.74. The van der Waals surface area contributed by atoms with Crippen LogP contribution in [0, 0.1) is 16.7 Å². The van der Waals surface area contributed by atoms with Crippen molar-refractivity contribution in [2.24, 2.45) is 5.41 Å². The van der Waals surface area contributed by atoms with Gasteiger partial charge in [-0.25, -0.2) is 0 Å². The van der Waals surface area contributed by atoms with Crippen molar-refractivity contribution in [2.45, 2.75) is 12.8 Å². The van der Waals surface area contributed by atoms with Gasteiger partial charge in [-0.3, -0.25) is 9.69 Å². The van der Waals surface area contributed by atoms with E-state index in [2.05, 4.69) is 11.0 Å². The number of amides is 1. The Morgan fingerprint density at radius 3 is 2.59 bits per heavy atom. The van der Waals surface area contributed by atoms with Crippen molar-refractivity contribution in [2.75, 3.05) is 59.7 Å². The number of nitriles is 1. The van der Waals surface area contributed by atoms with Crippen LogP contribution in [0.4, 0.5) is 0 Å². The van der Waals surface area contributed by atoms with Gasteiger partial charge in [0.2, 0.25) is 5.91 Å². The SMILES string of the molecule is COc1cccc(OCCN2CCN(C(=O)C3(C#N)CCOCC3)CC2)c1. The highest BCUT2D eigenvalue weighted by Crippen LogP contribution is 2.32. The molecular weight excluding hydrogens is 346 g/mol. The molecule has 0 bridgehead atoms. The van der Waals surface area contributed by atoms with Crippen molar-refractivity contribution in [3.63, 3.8) is 0 Å². The Morgan fingerprint density at radius 2 is 1.93 bits per heavy atom. The predicted octanol–water partition coefficient (Wildman–Crippen LogP) is 1.54. The summed E-state index contributed by atoms with van der Waals surface area (Å²) in [5.41, 5.74) is -0.893. The molecule has 0 unspecified atom stereocenters. The van der Waals surface area contributed by atoms with Crippen LogP contribution >= 0.6 is 0 Å². The van der Waals surface area contributed by atoms with E-state index in [0.717, 1.165) is 31.1 Å². The zero-order chi connectivity index (χ0) is 19.1. The number of hydrogen-bond donors (Lipinski definition) is 0. The number of ether oxygens (including phenoxy) is 3. The number of nitrogens with zero attached hydrogens (tertiary/aromatic N) is 3. The molecule has 0 radical (unpaired) electrons. The second-order valence-corrected chi connectivity index (χ2v) is 6.97. The number of carbonyl (C=O) groups is 1. The molecule has 1 aromatic carbocycles. The summed E-state index contributed by atoms with van der Waals surface area (Å²) in [4.78, 5) is 17.0. The lowest BCUT2D eigenvalue weighted by atomic mass is 9.80. The maximum Gasteiger partial charge on any atom is 0.243 e. The molecule has 0 atom stereocenters. The quantitative estimate of drug-likeness (QED) is 0.753. The minimum absolute atomic E-state index is 0.0272. The topological polar surface area (TPSA) is 75.0 Å². The summed E-state index contributed by atoms with van der Waals surface area (Å²) >= 11 is 0. The largest absolute Gasteiger partial charge is 0.497 e. The molecule has 27 heavy (non-hydrogen) atoms. The van der Waals surface area contributed by atoms with Gasteiger partial charge in [0, 0.05) is 52.0 Å². The van der Waals surface area contributed by atoms with Crippen LogP contribution in [0.3, 0.4) is 0 Å². The number of rotatable bonds is 6. The lowest BCUT2D eigenvalue weighted by Crippen LogP contribution is -2.54. The number of carbonyl (C=O) groups excluding carboxylic acids is 1. The van der Waals surface area contributed by atoms with Gasteiger partial charge in [0.05, 0.1) is 13.2 Å². The molecule has 0 N–H and O–H groups in total. The van der Waals surface area contributed by atoms with E-state index in [9.17, 15) is 10.1 Å². The summed E-state index contributed by atoms with van der Waals surface area (Å²) < 4.78 is 16.3. The van der Waals surface area contributed by atoms with Crippen molar-refractivity contribution in [1.29, 1.82) is 5.26 Å². The summed E-state index contributed by atoms with van der Waals surface area (Å²) in [6.07, 6.45) is 0.994. The summed E-state index contributed by atoms with van der Waals surface area (Å²) in [7, 11) is 1.64. The molecule has 0 aliphatic carbocycles. The number of hydrogen-bond acceptors (Lipinski definition) is 6. The normalized spacial score (nSPS) is 19.9. The van der Waals surface area contributed by atoms with Gasteiger partial charge in [-0.05, 0) is 25.0 Å². The van der Waals surface area contributed by atoms with Crippen molar-refractivity contribution in [1.82, 2.24) is 9.80 Å². The molecule has 7 nitrogen and oxygen atoms in total. The summed E-state index contributed by atoms with van der Waals surface area (Å²) in [5, 5.41) is 9.57. The molecule has 2 aliphatic rings. The van der Waals surface area contributed by atoms with E-state index in [1.54, 1.807) is 7.11 Å². The molecule has 1 aromatic rings. The fourth-order valence-electron chi connectivity index (χ4n) is 3.55. The van der Waals surface area contributed by atoms with E-state index in [-0.39, 0.29) is 5.91 Å². The van der Waals surface area contributed by atoms with E-state index in [1.807, 2.05) is 29.2 Å². The smallest absolute Gasteiger partial charge is 0.243 e. The second-order valence-electron chi connectivity index (χ2n) is 6.97. The molecule has 2 aliphatic heterocycles. The Balaban J connectivity index is 1.43. The minimum atomic E-state index is -0.893. The Hall–Kier alpha value is -2.30. The lowest BCUT2D eigenvalue weighted by Gasteiger charge is -2.39. The molecule has 1 amide bonds. The maximum atomic E-state index is 12.9. The highest BCUT2D eigenvalue weighted by Gasteiger charge is 2.43.